The number of carbonyl (C=O) groups is 1. The SMILES string of the molecule is CC1CC(NC(=O)c2csc(I)c2)CCN1.Cl. The molecule has 1 fully saturated rings. The van der Waals surface area contributed by atoms with Gasteiger partial charge in [-0.05, 0) is 55.0 Å². The Morgan fingerprint density at radius 1 is 1.65 bits per heavy atom. The van der Waals surface area contributed by atoms with Crippen molar-refractivity contribution in [3.8, 4) is 0 Å². The number of hydrogen-bond donors (Lipinski definition) is 2. The van der Waals surface area contributed by atoms with Gasteiger partial charge in [0.1, 0.15) is 0 Å². The summed E-state index contributed by atoms with van der Waals surface area (Å²) in [4.78, 5) is 11.9. The fourth-order valence-electron chi connectivity index (χ4n) is 1.96. The van der Waals surface area contributed by atoms with Gasteiger partial charge >= 0.3 is 0 Å². The quantitative estimate of drug-likeness (QED) is 0.767. The summed E-state index contributed by atoms with van der Waals surface area (Å²) in [6.45, 7) is 3.15. The van der Waals surface area contributed by atoms with Crippen LogP contribution in [0.3, 0.4) is 0 Å². The van der Waals surface area contributed by atoms with Crippen LogP contribution in [0.5, 0.6) is 0 Å². The molecule has 0 bridgehead atoms. The maximum atomic E-state index is 11.9. The van der Waals surface area contributed by atoms with Crippen molar-refractivity contribution in [3.05, 3.63) is 19.9 Å². The highest BCUT2D eigenvalue weighted by Crippen LogP contribution is 2.17. The molecular weight excluding hydrogens is 371 g/mol. The Kier molecular flexibility index (Phi) is 6.19. The van der Waals surface area contributed by atoms with E-state index in [2.05, 4.69) is 40.1 Å². The molecule has 3 nitrogen and oxygen atoms in total. The number of amides is 1. The average molecular weight is 387 g/mol. The highest BCUT2D eigenvalue weighted by Gasteiger charge is 2.20. The maximum Gasteiger partial charge on any atom is 0.252 e. The van der Waals surface area contributed by atoms with E-state index in [4.69, 9.17) is 0 Å². The van der Waals surface area contributed by atoms with Crippen LogP contribution in [-0.2, 0) is 0 Å². The van der Waals surface area contributed by atoms with Gasteiger partial charge in [0.25, 0.3) is 5.91 Å². The molecule has 2 N–H and O–H groups in total. The molecule has 6 heteroatoms. The zero-order chi connectivity index (χ0) is 11.5. The van der Waals surface area contributed by atoms with E-state index in [0.29, 0.717) is 12.1 Å². The van der Waals surface area contributed by atoms with Crippen molar-refractivity contribution in [1.82, 2.24) is 10.6 Å². The molecule has 0 saturated carbocycles. The normalized spacial score (nSPS) is 23.9. The Balaban J connectivity index is 0.00000144. The van der Waals surface area contributed by atoms with Gasteiger partial charge in [0.05, 0.1) is 8.45 Å². The molecule has 0 spiro atoms. The molecule has 1 aliphatic rings. The second kappa shape index (κ2) is 6.92. The van der Waals surface area contributed by atoms with E-state index in [1.54, 1.807) is 11.3 Å². The summed E-state index contributed by atoms with van der Waals surface area (Å²) < 4.78 is 1.15. The van der Waals surface area contributed by atoms with Crippen LogP contribution in [0.2, 0.25) is 0 Å². The summed E-state index contributed by atoms with van der Waals surface area (Å²) in [7, 11) is 0. The summed E-state index contributed by atoms with van der Waals surface area (Å²) in [5, 5.41) is 8.40. The van der Waals surface area contributed by atoms with Crippen molar-refractivity contribution in [2.24, 2.45) is 0 Å². The lowest BCUT2D eigenvalue weighted by Gasteiger charge is -2.28. The van der Waals surface area contributed by atoms with Crippen molar-refractivity contribution in [3.63, 3.8) is 0 Å². The number of hydrogen-bond acceptors (Lipinski definition) is 3. The zero-order valence-corrected chi connectivity index (χ0v) is 13.3. The second-order valence-corrected chi connectivity index (χ2v) is 6.99. The first-order chi connectivity index (χ1) is 7.65. The van der Waals surface area contributed by atoms with Gasteiger partial charge < -0.3 is 10.6 Å². The molecule has 17 heavy (non-hydrogen) atoms. The third kappa shape index (κ3) is 4.39. The second-order valence-electron chi connectivity index (χ2n) is 4.19. The zero-order valence-electron chi connectivity index (χ0n) is 9.53. The number of halogens is 2. The van der Waals surface area contributed by atoms with Gasteiger partial charge in [-0.25, -0.2) is 0 Å². The summed E-state index contributed by atoms with van der Waals surface area (Å²) in [5.74, 6) is 0.0678. The number of rotatable bonds is 2. The molecule has 2 unspecified atom stereocenters. The first-order valence-corrected chi connectivity index (χ1v) is 7.39. The minimum absolute atomic E-state index is 0. The molecule has 1 saturated heterocycles. The van der Waals surface area contributed by atoms with Gasteiger partial charge in [-0.15, -0.1) is 23.7 Å². The van der Waals surface area contributed by atoms with E-state index in [9.17, 15) is 4.79 Å². The van der Waals surface area contributed by atoms with Gasteiger partial charge in [0.2, 0.25) is 0 Å². The molecule has 96 valence electrons. The van der Waals surface area contributed by atoms with Gasteiger partial charge in [-0.2, -0.15) is 0 Å². The molecule has 0 aromatic carbocycles. The van der Waals surface area contributed by atoms with E-state index in [0.717, 1.165) is 27.8 Å². The van der Waals surface area contributed by atoms with E-state index in [1.165, 1.54) is 0 Å². The summed E-state index contributed by atoms with van der Waals surface area (Å²) in [6.07, 6.45) is 2.05. The number of nitrogens with one attached hydrogen (secondary N) is 2. The summed E-state index contributed by atoms with van der Waals surface area (Å²) >= 11 is 3.85. The molecule has 0 aliphatic carbocycles. The molecule has 1 aromatic rings. The van der Waals surface area contributed by atoms with Crippen LogP contribution in [0.25, 0.3) is 0 Å². The van der Waals surface area contributed by atoms with E-state index in [-0.39, 0.29) is 18.3 Å². The Bertz CT molecular complexity index is 385. The standard InChI is InChI=1S/C11H15IN2OS.ClH/c1-7-4-9(2-3-13-7)14-11(15)8-5-10(12)16-6-8;/h5-7,9,13H,2-4H2,1H3,(H,14,15);1H. The molecule has 1 aromatic heterocycles. The maximum absolute atomic E-state index is 11.9. The summed E-state index contributed by atoms with van der Waals surface area (Å²) in [5.41, 5.74) is 0.792. The van der Waals surface area contributed by atoms with Crippen LogP contribution < -0.4 is 10.6 Å². The average Bonchev–Trinajstić information content (AvgIpc) is 2.65. The number of piperidine rings is 1. The van der Waals surface area contributed by atoms with Crippen LogP contribution in [0, 0.1) is 2.88 Å². The lowest BCUT2D eigenvalue weighted by molar-refractivity contribution is 0.0926. The van der Waals surface area contributed by atoms with Crippen molar-refractivity contribution in [2.45, 2.75) is 31.8 Å². The molecular formula is C11H16ClIN2OS. The largest absolute Gasteiger partial charge is 0.349 e. The fourth-order valence-corrected chi connectivity index (χ4v) is 3.29. The Morgan fingerprint density at radius 3 is 3.00 bits per heavy atom. The molecule has 0 radical (unpaired) electrons. The van der Waals surface area contributed by atoms with Crippen LogP contribution >= 0.6 is 46.3 Å². The first kappa shape index (κ1) is 15.2. The molecule has 2 rings (SSSR count). The van der Waals surface area contributed by atoms with Crippen molar-refractivity contribution >= 4 is 52.2 Å². The smallest absolute Gasteiger partial charge is 0.252 e. The Hall–Kier alpha value is 0.150. The van der Waals surface area contributed by atoms with Gasteiger partial charge in [0, 0.05) is 17.5 Å². The highest BCUT2D eigenvalue weighted by molar-refractivity contribution is 14.1. The topological polar surface area (TPSA) is 41.1 Å². The molecule has 1 aliphatic heterocycles. The first-order valence-electron chi connectivity index (χ1n) is 5.43. The Morgan fingerprint density at radius 2 is 2.41 bits per heavy atom. The summed E-state index contributed by atoms with van der Waals surface area (Å²) in [6, 6.07) is 2.76. The highest BCUT2D eigenvalue weighted by atomic mass is 127. The third-order valence-electron chi connectivity index (χ3n) is 2.79. The number of thiophene rings is 1. The predicted octanol–water partition coefficient (Wildman–Crippen LogP) is 2.64. The molecule has 2 atom stereocenters. The van der Waals surface area contributed by atoms with E-state index >= 15 is 0 Å². The lowest BCUT2D eigenvalue weighted by Crippen LogP contribution is -2.46. The van der Waals surface area contributed by atoms with Crippen molar-refractivity contribution in [2.75, 3.05) is 6.54 Å². The van der Waals surface area contributed by atoms with Gasteiger partial charge in [0.15, 0.2) is 0 Å². The number of carbonyl (C=O) groups excluding carboxylic acids is 1. The monoisotopic (exact) mass is 386 g/mol. The van der Waals surface area contributed by atoms with Gasteiger partial charge in [-0.3, -0.25) is 4.79 Å². The third-order valence-corrected chi connectivity index (χ3v) is 4.58. The minimum atomic E-state index is 0. The fraction of sp³-hybridized carbons (Fsp3) is 0.545. The van der Waals surface area contributed by atoms with E-state index < -0.39 is 0 Å². The Labute approximate surface area is 125 Å². The van der Waals surface area contributed by atoms with Gasteiger partial charge in [-0.1, -0.05) is 0 Å². The minimum Gasteiger partial charge on any atom is -0.349 e. The van der Waals surface area contributed by atoms with Crippen LogP contribution in [0.1, 0.15) is 30.1 Å². The van der Waals surface area contributed by atoms with Crippen LogP contribution in [0.15, 0.2) is 11.4 Å². The lowest BCUT2D eigenvalue weighted by atomic mass is 10.0. The van der Waals surface area contributed by atoms with Crippen molar-refractivity contribution in [1.29, 1.82) is 0 Å². The molecule has 2 heterocycles. The van der Waals surface area contributed by atoms with E-state index in [1.807, 2.05) is 11.4 Å². The van der Waals surface area contributed by atoms with Crippen LogP contribution in [0.4, 0.5) is 0 Å². The van der Waals surface area contributed by atoms with Crippen molar-refractivity contribution < 1.29 is 4.79 Å². The molecule has 1 amide bonds. The predicted molar refractivity (Wildman–Crippen MR) is 82.2 cm³/mol. The van der Waals surface area contributed by atoms with Crippen LogP contribution in [-0.4, -0.2) is 24.5 Å².